The highest BCUT2D eigenvalue weighted by atomic mass is 32.2. The minimum Gasteiger partial charge on any atom is -0.351 e. The van der Waals surface area contributed by atoms with E-state index >= 15 is 0 Å². The van der Waals surface area contributed by atoms with E-state index < -0.39 is 10.0 Å². The maximum absolute atomic E-state index is 12.0. The van der Waals surface area contributed by atoms with Crippen molar-refractivity contribution in [2.45, 2.75) is 39.0 Å². The third kappa shape index (κ3) is 4.29. The third-order valence-electron chi connectivity index (χ3n) is 3.09. The second kappa shape index (κ2) is 5.60. The molecule has 0 aliphatic heterocycles. The van der Waals surface area contributed by atoms with Gasteiger partial charge in [-0.3, -0.25) is 4.79 Å². The van der Waals surface area contributed by atoms with Gasteiger partial charge in [-0.15, -0.1) is 11.3 Å². The lowest BCUT2D eigenvalue weighted by molar-refractivity contribution is 0.0939. The molecule has 0 aliphatic carbocycles. The van der Waals surface area contributed by atoms with E-state index in [9.17, 15) is 13.2 Å². The normalized spacial score (nSPS) is 12.5. The van der Waals surface area contributed by atoms with Crippen LogP contribution in [0, 0.1) is 12.3 Å². The molecule has 0 radical (unpaired) electrons. The van der Waals surface area contributed by atoms with Gasteiger partial charge in [0.05, 0.1) is 9.77 Å². The summed E-state index contributed by atoms with van der Waals surface area (Å²) >= 11 is 1.14. The van der Waals surface area contributed by atoms with Crippen LogP contribution in [-0.4, -0.2) is 20.9 Å². The molecule has 19 heavy (non-hydrogen) atoms. The maximum Gasteiger partial charge on any atom is 0.261 e. The first-order chi connectivity index (χ1) is 8.57. The highest BCUT2D eigenvalue weighted by Gasteiger charge is 2.21. The highest BCUT2D eigenvalue weighted by molar-refractivity contribution is 7.89. The molecule has 1 aromatic rings. The SMILES string of the molecule is CCC(C)(C)CNC(=O)c1cc(S(N)(=O)=O)c(C)s1. The molecule has 0 aromatic carbocycles. The Kier molecular flexibility index (Phi) is 4.76. The quantitative estimate of drug-likeness (QED) is 0.870. The van der Waals surface area contributed by atoms with Gasteiger partial charge in [-0.2, -0.15) is 0 Å². The van der Waals surface area contributed by atoms with Crippen molar-refractivity contribution in [3.8, 4) is 0 Å². The van der Waals surface area contributed by atoms with Crippen molar-refractivity contribution in [3.05, 3.63) is 15.8 Å². The van der Waals surface area contributed by atoms with Gasteiger partial charge >= 0.3 is 0 Å². The predicted molar refractivity (Wildman–Crippen MR) is 76.8 cm³/mol. The molecule has 0 atom stereocenters. The molecule has 0 aliphatic rings. The summed E-state index contributed by atoms with van der Waals surface area (Å²) in [5.74, 6) is -0.260. The summed E-state index contributed by atoms with van der Waals surface area (Å²) < 4.78 is 22.6. The predicted octanol–water partition coefficient (Wildman–Crippen LogP) is 1.87. The summed E-state index contributed by atoms with van der Waals surface area (Å²) in [7, 11) is -3.76. The van der Waals surface area contributed by atoms with Crippen molar-refractivity contribution < 1.29 is 13.2 Å². The van der Waals surface area contributed by atoms with Crippen LogP contribution in [0.25, 0.3) is 0 Å². The Bertz CT molecular complexity index is 574. The van der Waals surface area contributed by atoms with Gasteiger partial charge in [0.15, 0.2) is 0 Å². The molecule has 5 nitrogen and oxygen atoms in total. The zero-order valence-electron chi connectivity index (χ0n) is 11.6. The molecule has 0 bridgehead atoms. The first kappa shape index (κ1) is 16.1. The summed E-state index contributed by atoms with van der Waals surface area (Å²) in [5.41, 5.74) is 0.0186. The first-order valence-electron chi connectivity index (χ1n) is 5.98. The van der Waals surface area contributed by atoms with Crippen LogP contribution < -0.4 is 10.5 Å². The number of primary sulfonamides is 1. The number of nitrogens with two attached hydrogens (primary N) is 1. The summed E-state index contributed by atoms with van der Waals surface area (Å²) in [6, 6.07) is 1.34. The van der Waals surface area contributed by atoms with Gasteiger partial charge in [0.1, 0.15) is 0 Å². The van der Waals surface area contributed by atoms with Crippen LogP contribution >= 0.6 is 11.3 Å². The van der Waals surface area contributed by atoms with Gasteiger partial charge < -0.3 is 5.32 Å². The lowest BCUT2D eigenvalue weighted by atomic mass is 9.90. The molecule has 3 N–H and O–H groups in total. The van der Waals surface area contributed by atoms with E-state index in [1.165, 1.54) is 6.07 Å². The molecular weight excluding hydrogens is 284 g/mol. The molecule has 1 amide bonds. The smallest absolute Gasteiger partial charge is 0.261 e. The number of hydrogen-bond acceptors (Lipinski definition) is 4. The zero-order valence-corrected chi connectivity index (χ0v) is 13.2. The van der Waals surface area contributed by atoms with Crippen molar-refractivity contribution >= 4 is 27.3 Å². The Morgan fingerprint density at radius 3 is 2.47 bits per heavy atom. The van der Waals surface area contributed by atoms with E-state index in [1.54, 1.807) is 6.92 Å². The van der Waals surface area contributed by atoms with Crippen LogP contribution in [0.1, 0.15) is 41.7 Å². The average Bonchev–Trinajstić information content (AvgIpc) is 2.68. The molecule has 0 unspecified atom stereocenters. The van der Waals surface area contributed by atoms with Gasteiger partial charge in [-0.25, -0.2) is 13.6 Å². The number of hydrogen-bond donors (Lipinski definition) is 2. The monoisotopic (exact) mass is 304 g/mol. The largest absolute Gasteiger partial charge is 0.351 e. The van der Waals surface area contributed by atoms with Gasteiger partial charge in [-0.05, 0) is 24.8 Å². The minimum atomic E-state index is -3.76. The number of carbonyl (C=O) groups is 1. The van der Waals surface area contributed by atoms with E-state index in [0.717, 1.165) is 17.8 Å². The van der Waals surface area contributed by atoms with Crippen molar-refractivity contribution in [2.75, 3.05) is 6.54 Å². The van der Waals surface area contributed by atoms with E-state index in [1.807, 2.05) is 0 Å². The molecule has 0 saturated carbocycles. The Morgan fingerprint density at radius 2 is 2.05 bits per heavy atom. The first-order valence-corrected chi connectivity index (χ1v) is 8.34. The second-order valence-electron chi connectivity index (χ2n) is 5.28. The van der Waals surface area contributed by atoms with Crippen LogP contribution in [0.2, 0.25) is 0 Å². The van der Waals surface area contributed by atoms with Crippen molar-refractivity contribution in [1.82, 2.24) is 5.32 Å². The minimum absolute atomic E-state index is 0.0186. The number of carbonyl (C=O) groups excluding carboxylic acids is 1. The van der Waals surface area contributed by atoms with Crippen LogP contribution in [0.5, 0.6) is 0 Å². The molecule has 7 heteroatoms. The number of aryl methyl sites for hydroxylation is 1. The molecule has 108 valence electrons. The fraction of sp³-hybridized carbons (Fsp3) is 0.583. The zero-order chi connectivity index (χ0) is 14.8. The summed E-state index contributed by atoms with van der Waals surface area (Å²) in [6.07, 6.45) is 0.944. The molecule has 0 saturated heterocycles. The molecule has 1 aromatic heterocycles. The third-order valence-corrected chi connectivity index (χ3v) is 5.30. The Morgan fingerprint density at radius 1 is 1.47 bits per heavy atom. The van der Waals surface area contributed by atoms with E-state index in [0.29, 0.717) is 16.3 Å². The van der Waals surface area contributed by atoms with E-state index in [2.05, 4.69) is 26.1 Å². The Labute approximate surface area is 118 Å². The van der Waals surface area contributed by atoms with Crippen molar-refractivity contribution in [1.29, 1.82) is 0 Å². The van der Waals surface area contributed by atoms with Crippen LogP contribution in [0.3, 0.4) is 0 Å². The molecular formula is C12H20N2O3S2. The number of nitrogens with one attached hydrogen (secondary N) is 1. The van der Waals surface area contributed by atoms with Crippen LogP contribution in [0.4, 0.5) is 0 Å². The number of thiophene rings is 1. The van der Waals surface area contributed by atoms with Crippen molar-refractivity contribution in [2.24, 2.45) is 10.6 Å². The number of amides is 1. The Hall–Kier alpha value is -0.920. The molecule has 1 heterocycles. The summed E-state index contributed by atoms with van der Waals surface area (Å²) in [4.78, 5) is 12.9. The van der Waals surface area contributed by atoms with Crippen LogP contribution in [0.15, 0.2) is 11.0 Å². The topological polar surface area (TPSA) is 89.3 Å². The number of rotatable bonds is 5. The summed E-state index contributed by atoms with van der Waals surface area (Å²) in [6.45, 7) is 8.35. The van der Waals surface area contributed by atoms with E-state index in [-0.39, 0.29) is 16.2 Å². The fourth-order valence-electron chi connectivity index (χ4n) is 1.39. The van der Waals surface area contributed by atoms with Gasteiger partial charge in [0, 0.05) is 11.4 Å². The summed E-state index contributed by atoms with van der Waals surface area (Å²) in [5, 5.41) is 7.90. The van der Waals surface area contributed by atoms with E-state index in [4.69, 9.17) is 5.14 Å². The standard InChI is InChI=1S/C12H20N2O3S2/c1-5-12(3,4)7-14-11(15)9-6-10(8(2)18-9)19(13,16)17/h6H,5,7H2,1-4H3,(H,14,15)(H2,13,16,17). The second-order valence-corrected chi connectivity index (χ2v) is 8.06. The molecule has 1 rings (SSSR count). The Balaban J connectivity index is 2.85. The molecule has 0 fully saturated rings. The fourth-order valence-corrected chi connectivity index (χ4v) is 3.45. The highest BCUT2D eigenvalue weighted by Crippen LogP contribution is 2.25. The van der Waals surface area contributed by atoms with Crippen molar-refractivity contribution in [3.63, 3.8) is 0 Å². The van der Waals surface area contributed by atoms with Gasteiger partial charge in [0.2, 0.25) is 10.0 Å². The lowest BCUT2D eigenvalue weighted by Crippen LogP contribution is -2.33. The molecule has 0 spiro atoms. The van der Waals surface area contributed by atoms with Gasteiger partial charge in [0.25, 0.3) is 5.91 Å². The average molecular weight is 304 g/mol. The van der Waals surface area contributed by atoms with Gasteiger partial charge in [-0.1, -0.05) is 20.8 Å². The number of sulfonamides is 1. The lowest BCUT2D eigenvalue weighted by Gasteiger charge is -2.22. The van der Waals surface area contributed by atoms with Crippen LogP contribution in [-0.2, 0) is 10.0 Å². The maximum atomic E-state index is 12.0.